The van der Waals surface area contributed by atoms with Gasteiger partial charge in [0.05, 0.1) is 17.7 Å². The number of aromatic nitrogens is 5. The molecular weight excluding hydrogens is 542 g/mol. The van der Waals surface area contributed by atoms with Crippen LogP contribution in [0.1, 0.15) is 74.4 Å². The Bertz CT molecular complexity index is 1700. The first-order valence-electron chi connectivity index (χ1n) is 15.6. The van der Waals surface area contributed by atoms with E-state index in [1.807, 2.05) is 24.4 Å². The summed E-state index contributed by atoms with van der Waals surface area (Å²) in [7, 11) is 0. The molecule has 222 valence electrons. The molecule has 3 aromatic heterocycles. The minimum absolute atomic E-state index is 0.0502. The summed E-state index contributed by atoms with van der Waals surface area (Å²) in [6, 6.07) is 12.0. The smallest absolute Gasteiger partial charge is 0.306 e. The maximum absolute atomic E-state index is 11.2. The van der Waals surface area contributed by atoms with E-state index in [2.05, 4.69) is 38.0 Å². The normalized spacial score (nSPS) is 27.6. The van der Waals surface area contributed by atoms with Gasteiger partial charge in [0.25, 0.3) is 0 Å². The van der Waals surface area contributed by atoms with Crippen LogP contribution in [0.3, 0.4) is 0 Å². The van der Waals surface area contributed by atoms with Gasteiger partial charge in [-0.05, 0) is 88.2 Å². The van der Waals surface area contributed by atoms with Gasteiger partial charge in [-0.15, -0.1) is 10.2 Å². The average Bonchev–Trinajstić information content (AvgIpc) is 3.35. The van der Waals surface area contributed by atoms with E-state index in [0.717, 1.165) is 74.4 Å². The standard InChI is InChI=1S/C33H37N7O3/c1-19-29-24-14-27(23-4-2-3-5-28(23)41)37-38-30(24)35-26(29)9-13-40(19)32-34-10-6-25(36-32)20-7-11-39(12-8-20)22-17-33(18-22)15-21(16-33)31(42)43/h2-6,10,14,19-22,41H,7-9,11-13,15-18H2,1H3,(H,35,38)(H,42,43)/t19-,21?,22?,33?/m1/s1. The van der Waals surface area contributed by atoms with Crippen LogP contribution in [0.5, 0.6) is 5.75 Å². The fourth-order valence-corrected chi connectivity index (χ4v) is 8.39. The number of carboxylic acid groups (broad SMARTS) is 1. The second kappa shape index (κ2) is 10.0. The monoisotopic (exact) mass is 579 g/mol. The number of likely N-dealkylation sites (tertiary alicyclic amines) is 1. The highest BCUT2D eigenvalue weighted by Gasteiger charge is 2.56. The highest BCUT2D eigenvalue weighted by molar-refractivity contribution is 5.86. The largest absolute Gasteiger partial charge is 0.507 e. The Morgan fingerprint density at radius 1 is 1.05 bits per heavy atom. The number of nitrogens with zero attached hydrogens (tertiary/aromatic N) is 6. The first kappa shape index (κ1) is 26.6. The summed E-state index contributed by atoms with van der Waals surface area (Å²) in [6.45, 7) is 5.17. The zero-order valence-electron chi connectivity index (χ0n) is 24.4. The lowest BCUT2D eigenvalue weighted by atomic mass is 9.49. The highest BCUT2D eigenvalue weighted by Crippen LogP contribution is 2.60. The minimum atomic E-state index is -0.618. The first-order valence-corrected chi connectivity index (χ1v) is 15.6. The molecule has 2 aliphatic heterocycles. The van der Waals surface area contributed by atoms with Gasteiger partial charge in [-0.3, -0.25) is 4.79 Å². The Hall–Kier alpha value is -4.05. The van der Waals surface area contributed by atoms with Crippen LogP contribution in [0, 0.1) is 11.3 Å². The molecule has 1 atom stereocenters. The summed E-state index contributed by atoms with van der Waals surface area (Å²) in [5, 5.41) is 29.5. The van der Waals surface area contributed by atoms with E-state index >= 15 is 0 Å². The maximum atomic E-state index is 11.2. The van der Waals surface area contributed by atoms with Gasteiger partial charge in [0.1, 0.15) is 5.75 Å². The van der Waals surface area contributed by atoms with Crippen molar-refractivity contribution in [3.05, 3.63) is 59.5 Å². The van der Waals surface area contributed by atoms with Gasteiger partial charge < -0.3 is 25.0 Å². The van der Waals surface area contributed by atoms with Crippen LogP contribution in [-0.4, -0.2) is 71.9 Å². The Balaban J connectivity index is 0.965. The lowest BCUT2D eigenvalue weighted by molar-refractivity contribution is -0.160. The van der Waals surface area contributed by atoms with Gasteiger partial charge in [-0.25, -0.2) is 9.97 Å². The fraction of sp³-hybridized carbons (Fsp3) is 0.485. The number of carbonyl (C=O) groups is 1. The molecule has 2 saturated carbocycles. The molecule has 5 heterocycles. The van der Waals surface area contributed by atoms with Gasteiger partial charge in [0, 0.05) is 59.0 Å². The quantitative estimate of drug-likeness (QED) is 0.297. The molecule has 1 spiro atoms. The van der Waals surface area contributed by atoms with Crippen LogP contribution < -0.4 is 4.90 Å². The van der Waals surface area contributed by atoms with Gasteiger partial charge in [-0.2, -0.15) is 0 Å². The van der Waals surface area contributed by atoms with Crippen LogP contribution >= 0.6 is 0 Å². The molecule has 0 unspecified atom stereocenters. The number of nitrogens with one attached hydrogen (secondary N) is 1. The zero-order chi connectivity index (χ0) is 29.3. The summed E-state index contributed by atoms with van der Waals surface area (Å²) < 4.78 is 0. The summed E-state index contributed by atoms with van der Waals surface area (Å²) in [4.78, 5) is 29.5. The summed E-state index contributed by atoms with van der Waals surface area (Å²) >= 11 is 0. The molecule has 0 radical (unpaired) electrons. The van der Waals surface area contributed by atoms with E-state index < -0.39 is 5.97 Å². The van der Waals surface area contributed by atoms with E-state index in [1.165, 1.54) is 24.1 Å². The van der Waals surface area contributed by atoms with E-state index in [0.29, 0.717) is 28.6 Å². The molecule has 1 saturated heterocycles. The lowest BCUT2D eigenvalue weighted by Crippen LogP contribution is -2.58. The van der Waals surface area contributed by atoms with Crippen LogP contribution in [0.25, 0.3) is 22.3 Å². The molecule has 3 N–H and O–H groups in total. The van der Waals surface area contributed by atoms with Crippen molar-refractivity contribution >= 4 is 23.0 Å². The SMILES string of the molecule is C[C@@H]1c2c([nH]c3nnc(-c4ccccc4O)cc23)CCN1c1nccc(C2CCN(C3CC4(CC(C(=O)O)C4)C3)CC2)n1. The van der Waals surface area contributed by atoms with E-state index in [-0.39, 0.29) is 17.7 Å². The number of fused-ring (bicyclic) bond motifs is 3. The Kier molecular flexibility index (Phi) is 6.18. The number of hydrogen-bond donors (Lipinski definition) is 3. The Morgan fingerprint density at radius 2 is 1.84 bits per heavy atom. The van der Waals surface area contributed by atoms with Crippen molar-refractivity contribution in [1.29, 1.82) is 0 Å². The Labute approximate surface area is 250 Å². The number of anilines is 1. The summed E-state index contributed by atoms with van der Waals surface area (Å²) in [5.41, 5.74) is 5.88. The number of H-pyrrole nitrogens is 1. The van der Waals surface area contributed by atoms with Gasteiger partial charge in [0.2, 0.25) is 5.95 Å². The van der Waals surface area contributed by atoms with Crippen molar-refractivity contribution in [2.45, 2.75) is 69.9 Å². The third-order valence-corrected chi connectivity index (χ3v) is 10.8. The number of aliphatic carboxylic acids is 1. The van der Waals surface area contributed by atoms with Gasteiger partial charge in [-0.1, -0.05) is 12.1 Å². The number of aromatic amines is 1. The molecule has 0 amide bonds. The summed E-state index contributed by atoms with van der Waals surface area (Å²) in [6.07, 6.45) is 9.01. The number of hydrogen-bond acceptors (Lipinski definition) is 8. The Morgan fingerprint density at radius 3 is 2.60 bits per heavy atom. The molecule has 10 heteroatoms. The molecule has 10 nitrogen and oxygen atoms in total. The molecule has 4 aromatic rings. The van der Waals surface area contributed by atoms with E-state index in [9.17, 15) is 15.0 Å². The van der Waals surface area contributed by atoms with Crippen LogP contribution in [0.4, 0.5) is 5.95 Å². The molecule has 1 aromatic carbocycles. The molecule has 43 heavy (non-hydrogen) atoms. The second-order valence-electron chi connectivity index (χ2n) is 13.2. The predicted octanol–water partition coefficient (Wildman–Crippen LogP) is 5.07. The van der Waals surface area contributed by atoms with E-state index in [4.69, 9.17) is 9.97 Å². The predicted molar refractivity (Wildman–Crippen MR) is 162 cm³/mol. The van der Waals surface area contributed by atoms with Crippen LogP contribution in [-0.2, 0) is 11.2 Å². The fourth-order valence-electron chi connectivity index (χ4n) is 8.39. The number of benzene rings is 1. The molecule has 3 fully saturated rings. The van der Waals surface area contributed by atoms with Crippen molar-refractivity contribution in [1.82, 2.24) is 30.0 Å². The minimum Gasteiger partial charge on any atom is -0.507 e. The van der Waals surface area contributed by atoms with Crippen molar-refractivity contribution in [3.8, 4) is 17.0 Å². The number of rotatable bonds is 5. The zero-order valence-corrected chi connectivity index (χ0v) is 24.4. The van der Waals surface area contributed by atoms with Gasteiger partial charge >= 0.3 is 5.97 Å². The molecule has 0 bridgehead atoms. The number of aromatic hydroxyl groups is 1. The van der Waals surface area contributed by atoms with Crippen molar-refractivity contribution < 1.29 is 15.0 Å². The molecular formula is C33H37N7O3. The first-order chi connectivity index (χ1) is 20.9. The number of phenolic OH excluding ortho intramolecular Hbond substituents is 1. The highest BCUT2D eigenvalue weighted by atomic mass is 16.4. The second-order valence-corrected chi connectivity index (χ2v) is 13.2. The van der Waals surface area contributed by atoms with Crippen molar-refractivity contribution in [2.24, 2.45) is 11.3 Å². The summed E-state index contributed by atoms with van der Waals surface area (Å²) in [5.74, 6) is 0.656. The average molecular weight is 580 g/mol. The van der Waals surface area contributed by atoms with Gasteiger partial charge in [0.15, 0.2) is 5.65 Å². The maximum Gasteiger partial charge on any atom is 0.306 e. The number of carboxylic acids is 1. The topological polar surface area (TPSA) is 131 Å². The third kappa shape index (κ3) is 4.45. The van der Waals surface area contributed by atoms with Crippen LogP contribution in [0.2, 0.25) is 0 Å². The molecule has 2 aliphatic carbocycles. The molecule has 8 rings (SSSR count). The van der Waals surface area contributed by atoms with Crippen LogP contribution in [0.15, 0.2) is 42.6 Å². The number of piperidine rings is 1. The lowest BCUT2D eigenvalue weighted by Gasteiger charge is -2.59. The van der Waals surface area contributed by atoms with Crippen molar-refractivity contribution in [2.75, 3.05) is 24.5 Å². The third-order valence-electron chi connectivity index (χ3n) is 10.8. The van der Waals surface area contributed by atoms with Crippen molar-refractivity contribution in [3.63, 3.8) is 0 Å². The molecule has 4 aliphatic rings. The number of para-hydroxylation sites is 1. The number of phenols is 1. The van der Waals surface area contributed by atoms with E-state index in [1.54, 1.807) is 12.1 Å².